The van der Waals surface area contributed by atoms with Crippen molar-refractivity contribution in [3.8, 4) is 0 Å². The number of benzene rings is 1. The lowest BCUT2D eigenvalue weighted by molar-refractivity contribution is 0.181. The van der Waals surface area contributed by atoms with Gasteiger partial charge in [0.2, 0.25) is 0 Å². The first kappa shape index (κ1) is 20.6. The molecule has 0 fully saturated rings. The molecule has 1 aromatic heterocycles. The SMILES string of the molecule is CCNC(=NCc1cc(C(C)C)no1)NCC(O)c1cc(Cl)cc(Cl)c1. The van der Waals surface area contributed by atoms with Crippen molar-refractivity contribution in [2.75, 3.05) is 13.1 Å². The molecule has 1 aromatic carbocycles. The van der Waals surface area contributed by atoms with Crippen LogP contribution < -0.4 is 10.6 Å². The fourth-order valence-corrected chi connectivity index (χ4v) is 2.80. The molecule has 0 aliphatic rings. The first-order chi connectivity index (χ1) is 12.4. The Morgan fingerprint density at radius 1 is 1.19 bits per heavy atom. The predicted octanol–water partition coefficient (Wildman–Crippen LogP) is 3.89. The van der Waals surface area contributed by atoms with Crippen molar-refractivity contribution in [2.24, 2.45) is 4.99 Å². The van der Waals surface area contributed by atoms with Gasteiger partial charge in [0.1, 0.15) is 6.54 Å². The van der Waals surface area contributed by atoms with Gasteiger partial charge in [-0.15, -0.1) is 0 Å². The number of nitrogens with one attached hydrogen (secondary N) is 2. The van der Waals surface area contributed by atoms with Crippen LogP contribution in [0.25, 0.3) is 0 Å². The number of rotatable bonds is 7. The molecule has 0 saturated heterocycles. The summed E-state index contributed by atoms with van der Waals surface area (Å²) in [6.07, 6.45) is -0.770. The van der Waals surface area contributed by atoms with Crippen LogP contribution in [-0.2, 0) is 6.54 Å². The van der Waals surface area contributed by atoms with E-state index >= 15 is 0 Å². The number of aliphatic hydroxyl groups excluding tert-OH is 1. The van der Waals surface area contributed by atoms with E-state index in [2.05, 4.69) is 34.6 Å². The molecular formula is C18H24Cl2N4O2. The third-order valence-corrected chi connectivity index (χ3v) is 4.07. The van der Waals surface area contributed by atoms with Gasteiger partial charge in [-0.1, -0.05) is 42.2 Å². The third kappa shape index (κ3) is 6.20. The van der Waals surface area contributed by atoms with Gasteiger partial charge in [-0.25, -0.2) is 4.99 Å². The summed E-state index contributed by atoms with van der Waals surface area (Å²) in [4.78, 5) is 4.45. The quantitative estimate of drug-likeness (QED) is 0.486. The first-order valence-corrected chi connectivity index (χ1v) is 9.26. The predicted molar refractivity (Wildman–Crippen MR) is 105 cm³/mol. The molecule has 0 saturated carbocycles. The van der Waals surface area contributed by atoms with Crippen LogP contribution in [0.1, 0.15) is 49.8 Å². The Balaban J connectivity index is 1.97. The average molecular weight is 399 g/mol. The van der Waals surface area contributed by atoms with Gasteiger partial charge in [0, 0.05) is 29.2 Å². The minimum atomic E-state index is -0.770. The van der Waals surface area contributed by atoms with Gasteiger partial charge in [0.25, 0.3) is 0 Å². The Morgan fingerprint density at radius 2 is 1.88 bits per heavy atom. The molecule has 1 unspecified atom stereocenters. The fourth-order valence-electron chi connectivity index (χ4n) is 2.25. The van der Waals surface area contributed by atoms with E-state index in [4.69, 9.17) is 27.7 Å². The summed E-state index contributed by atoms with van der Waals surface area (Å²) in [6, 6.07) is 6.90. The lowest BCUT2D eigenvalue weighted by Gasteiger charge is -2.16. The van der Waals surface area contributed by atoms with Crippen LogP contribution >= 0.6 is 23.2 Å². The largest absolute Gasteiger partial charge is 0.387 e. The number of aliphatic imine (C=N–C) groups is 1. The summed E-state index contributed by atoms with van der Waals surface area (Å²) >= 11 is 12.0. The van der Waals surface area contributed by atoms with E-state index in [1.54, 1.807) is 18.2 Å². The monoisotopic (exact) mass is 398 g/mol. The van der Waals surface area contributed by atoms with E-state index in [1.165, 1.54) is 0 Å². The maximum absolute atomic E-state index is 10.3. The molecule has 2 rings (SSSR count). The maximum Gasteiger partial charge on any atom is 0.191 e. The molecule has 0 amide bonds. The highest BCUT2D eigenvalue weighted by atomic mass is 35.5. The second kappa shape index (κ2) is 9.80. The van der Waals surface area contributed by atoms with Crippen molar-refractivity contribution < 1.29 is 9.63 Å². The van der Waals surface area contributed by atoms with E-state index in [9.17, 15) is 5.11 Å². The van der Waals surface area contributed by atoms with Crippen LogP contribution in [0.3, 0.4) is 0 Å². The Morgan fingerprint density at radius 3 is 2.46 bits per heavy atom. The molecule has 0 aliphatic carbocycles. The smallest absolute Gasteiger partial charge is 0.191 e. The molecule has 8 heteroatoms. The number of hydrogen-bond acceptors (Lipinski definition) is 4. The fraction of sp³-hybridized carbons (Fsp3) is 0.444. The molecule has 0 radical (unpaired) electrons. The van der Waals surface area contributed by atoms with Crippen LogP contribution in [0.5, 0.6) is 0 Å². The first-order valence-electron chi connectivity index (χ1n) is 8.50. The van der Waals surface area contributed by atoms with E-state index < -0.39 is 6.10 Å². The zero-order valence-electron chi connectivity index (χ0n) is 15.1. The molecule has 3 N–H and O–H groups in total. The normalized spacial score (nSPS) is 13.1. The lowest BCUT2D eigenvalue weighted by atomic mass is 10.1. The van der Waals surface area contributed by atoms with Crippen LogP contribution in [-0.4, -0.2) is 29.3 Å². The van der Waals surface area contributed by atoms with Gasteiger partial charge in [-0.3, -0.25) is 0 Å². The van der Waals surface area contributed by atoms with Crippen molar-refractivity contribution in [1.29, 1.82) is 0 Å². The van der Waals surface area contributed by atoms with E-state index in [1.807, 2.05) is 13.0 Å². The zero-order chi connectivity index (χ0) is 19.1. The third-order valence-electron chi connectivity index (χ3n) is 3.64. The molecule has 1 atom stereocenters. The Labute approximate surface area is 163 Å². The van der Waals surface area contributed by atoms with Crippen molar-refractivity contribution in [1.82, 2.24) is 15.8 Å². The van der Waals surface area contributed by atoms with Crippen LogP contribution in [0, 0.1) is 0 Å². The van der Waals surface area contributed by atoms with Crippen molar-refractivity contribution >= 4 is 29.2 Å². The van der Waals surface area contributed by atoms with E-state index in [0.717, 1.165) is 5.69 Å². The van der Waals surface area contributed by atoms with Gasteiger partial charge < -0.3 is 20.3 Å². The summed E-state index contributed by atoms with van der Waals surface area (Å²) in [7, 11) is 0. The number of halogens is 2. The summed E-state index contributed by atoms with van der Waals surface area (Å²) in [5.41, 5.74) is 1.55. The second-order valence-electron chi connectivity index (χ2n) is 6.17. The van der Waals surface area contributed by atoms with Gasteiger partial charge >= 0.3 is 0 Å². The molecule has 142 valence electrons. The molecule has 0 spiro atoms. The number of aliphatic hydroxyl groups is 1. The minimum absolute atomic E-state index is 0.260. The Bertz CT molecular complexity index is 726. The van der Waals surface area contributed by atoms with E-state index in [-0.39, 0.29) is 6.54 Å². The number of guanidine groups is 1. The van der Waals surface area contributed by atoms with Crippen LogP contribution in [0.4, 0.5) is 0 Å². The van der Waals surface area contributed by atoms with Gasteiger partial charge in [-0.2, -0.15) is 0 Å². The van der Waals surface area contributed by atoms with Crippen LogP contribution in [0.2, 0.25) is 10.0 Å². The molecule has 26 heavy (non-hydrogen) atoms. The van der Waals surface area contributed by atoms with Crippen molar-refractivity contribution in [3.05, 3.63) is 51.3 Å². The summed E-state index contributed by atoms with van der Waals surface area (Å²) in [5.74, 6) is 1.57. The van der Waals surface area contributed by atoms with Crippen molar-refractivity contribution in [2.45, 2.75) is 39.3 Å². The second-order valence-corrected chi connectivity index (χ2v) is 7.04. The standard InChI is InChI=1S/C18H24Cl2N4O2/c1-4-21-18(22-9-15-8-16(11(2)3)24-26-15)23-10-17(25)12-5-13(19)7-14(20)6-12/h5-8,11,17,25H,4,9-10H2,1-3H3,(H2,21,22,23). The molecular weight excluding hydrogens is 375 g/mol. The molecule has 0 aliphatic heterocycles. The zero-order valence-corrected chi connectivity index (χ0v) is 16.6. The molecule has 0 bridgehead atoms. The molecule has 6 nitrogen and oxygen atoms in total. The van der Waals surface area contributed by atoms with Gasteiger partial charge in [0.05, 0.1) is 11.8 Å². The Kier molecular flexibility index (Phi) is 7.75. The summed E-state index contributed by atoms with van der Waals surface area (Å²) in [6.45, 7) is 7.39. The van der Waals surface area contributed by atoms with Crippen molar-refractivity contribution in [3.63, 3.8) is 0 Å². The summed E-state index contributed by atoms with van der Waals surface area (Å²) < 4.78 is 5.28. The minimum Gasteiger partial charge on any atom is -0.387 e. The highest BCUT2D eigenvalue weighted by Gasteiger charge is 2.11. The maximum atomic E-state index is 10.3. The van der Waals surface area contributed by atoms with Gasteiger partial charge in [-0.05, 0) is 36.6 Å². The topological polar surface area (TPSA) is 82.7 Å². The van der Waals surface area contributed by atoms with E-state index in [0.29, 0.717) is 46.3 Å². The highest BCUT2D eigenvalue weighted by Crippen LogP contribution is 2.23. The molecule has 1 heterocycles. The average Bonchev–Trinajstić information content (AvgIpc) is 3.05. The highest BCUT2D eigenvalue weighted by molar-refractivity contribution is 6.34. The number of hydrogen-bond donors (Lipinski definition) is 3. The van der Waals surface area contributed by atoms with Crippen LogP contribution in [0.15, 0.2) is 33.8 Å². The van der Waals surface area contributed by atoms with Gasteiger partial charge in [0.15, 0.2) is 11.7 Å². The molecule has 2 aromatic rings. The number of nitrogens with zero attached hydrogens (tertiary/aromatic N) is 2. The lowest BCUT2D eigenvalue weighted by Crippen LogP contribution is -2.39. The summed E-state index contributed by atoms with van der Waals surface area (Å²) in [5, 5.41) is 21.6. The number of aromatic nitrogens is 1. The Hall–Kier alpha value is -1.76.